The molecule has 0 amide bonds. The molecule has 2 aliphatic rings. The van der Waals surface area contributed by atoms with Crippen LogP contribution in [0.2, 0.25) is 0 Å². The molecule has 2 saturated heterocycles. The Hall–Kier alpha value is -0.0800. The topological polar surface area (TPSA) is 6.48 Å². The molecule has 2 fully saturated rings. The first kappa shape index (κ1) is 6.62. The lowest BCUT2D eigenvalue weighted by atomic mass is 10.2. The van der Waals surface area contributed by atoms with Crippen molar-refractivity contribution in [1.82, 2.24) is 9.80 Å². The highest BCUT2D eigenvalue weighted by atomic mass is 15.4. The normalized spacial score (nSPS) is 36.3. The van der Waals surface area contributed by atoms with Gasteiger partial charge in [-0.2, -0.15) is 0 Å². The van der Waals surface area contributed by atoms with E-state index in [0.717, 1.165) is 6.17 Å². The summed E-state index contributed by atoms with van der Waals surface area (Å²) in [5, 5.41) is 0. The van der Waals surface area contributed by atoms with E-state index < -0.39 is 0 Å². The molecule has 1 atom stereocenters. The van der Waals surface area contributed by atoms with Gasteiger partial charge in [-0.15, -0.1) is 0 Å². The largest absolute Gasteiger partial charge is 0.291 e. The SMILES string of the molecule is CN1CCCN2CCCC12. The van der Waals surface area contributed by atoms with Gasteiger partial charge in [0.05, 0.1) is 6.17 Å². The summed E-state index contributed by atoms with van der Waals surface area (Å²) in [5.41, 5.74) is 0. The van der Waals surface area contributed by atoms with Crippen molar-refractivity contribution in [2.45, 2.75) is 25.4 Å². The quantitative estimate of drug-likeness (QED) is 0.490. The van der Waals surface area contributed by atoms with Gasteiger partial charge in [-0.25, -0.2) is 0 Å². The average Bonchev–Trinajstić information content (AvgIpc) is 2.36. The molecule has 2 rings (SSSR count). The van der Waals surface area contributed by atoms with Crippen molar-refractivity contribution >= 4 is 0 Å². The highest BCUT2D eigenvalue weighted by Gasteiger charge is 2.29. The van der Waals surface area contributed by atoms with Crippen LogP contribution in [-0.2, 0) is 0 Å². The summed E-state index contributed by atoms with van der Waals surface area (Å²) in [6, 6.07) is 0. The van der Waals surface area contributed by atoms with Gasteiger partial charge in [0.2, 0.25) is 0 Å². The molecule has 0 aliphatic carbocycles. The van der Waals surface area contributed by atoms with Gasteiger partial charge in [0.25, 0.3) is 0 Å². The predicted molar refractivity (Wildman–Crippen MR) is 41.8 cm³/mol. The summed E-state index contributed by atoms with van der Waals surface area (Å²) >= 11 is 0. The van der Waals surface area contributed by atoms with Crippen molar-refractivity contribution in [3.8, 4) is 0 Å². The Morgan fingerprint density at radius 1 is 1.10 bits per heavy atom. The van der Waals surface area contributed by atoms with E-state index in [1.165, 1.54) is 38.9 Å². The third-order valence-corrected chi connectivity index (χ3v) is 2.79. The van der Waals surface area contributed by atoms with E-state index >= 15 is 0 Å². The van der Waals surface area contributed by atoms with Crippen molar-refractivity contribution in [2.75, 3.05) is 26.7 Å². The third kappa shape index (κ3) is 0.956. The first-order chi connectivity index (χ1) is 4.88. The van der Waals surface area contributed by atoms with Crippen LogP contribution in [0.4, 0.5) is 0 Å². The Kier molecular flexibility index (Phi) is 1.66. The molecular formula is C8H16N2. The highest BCUT2D eigenvalue weighted by Crippen LogP contribution is 2.22. The van der Waals surface area contributed by atoms with Crippen molar-refractivity contribution in [1.29, 1.82) is 0 Å². The molecule has 2 heterocycles. The van der Waals surface area contributed by atoms with Crippen LogP contribution in [0.1, 0.15) is 19.3 Å². The van der Waals surface area contributed by atoms with Crippen LogP contribution in [0.3, 0.4) is 0 Å². The molecule has 58 valence electrons. The summed E-state index contributed by atoms with van der Waals surface area (Å²) in [5.74, 6) is 0. The van der Waals surface area contributed by atoms with Gasteiger partial charge in [0.15, 0.2) is 0 Å². The number of fused-ring (bicyclic) bond motifs is 1. The Labute approximate surface area is 62.8 Å². The summed E-state index contributed by atoms with van der Waals surface area (Å²) in [7, 11) is 2.25. The first-order valence-corrected chi connectivity index (χ1v) is 4.32. The predicted octanol–water partition coefficient (Wildman–Crippen LogP) is 0.744. The van der Waals surface area contributed by atoms with Crippen LogP contribution in [-0.4, -0.2) is 42.6 Å². The summed E-state index contributed by atoms with van der Waals surface area (Å²) < 4.78 is 0. The Bertz CT molecular complexity index is 124. The van der Waals surface area contributed by atoms with E-state index in [-0.39, 0.29) is 0 Å². The Morgan fingerprint density at radius 3 is 2.70 bits per heavy atom. The zero-order valence-electron chi connectivity index (χ0n) is 6.71. The van der Waals surface area contributed by atoms with Crippen molar-refractivity contribution in [2.24, 2.45) is 0 Å². The minimum Gasteiger partial charge on any atom is -0.291 e. The van der Waals surface area contributed by atoms with Crippen LogP contribution in [0.5, 0.6) is 0 Å². The number of hydrogen-bond donors (Lipinski definition) is 0. The second-order valence-electron chi connectivity index (χ2n) is 3.49. The molecule has 0 spiro atoms. The number of rotatable bonds is 0. The zero-order valence-corrected chi connectivity index (χ0v) is 6.71. The standard InChI is InChI=1S/C8H16N2/c1-9-5-3-7-10-6-2-4-8(9)10/h8H,2-7H2,1H3. The summed E-state index contributed by atoms with van der Waals surface area (Å²) in [6.07, 6.45) is 4.98. The van der Waals surface area contributed by atoms with Crippen LogP contribution < -0.4 is 0 Å². The van der Waals surface area contributed by atoms with Crippen molar-refractivity contribution < 1.29 is 0 Å². The molecule has 2 heteroatoms. The van der Waals surface area contributed by atoms with Crippen molar-refractivity contribution in [3.05, 3.63) is 0 Å². The van der Waals surface area contributed by atoms with Gasteiger partial charge >= 0.3 is 0 Å². The lowest BCUT2D eigenvalue weighted by molar-refractivity contribution is 0.0560. The molecule has 0 aromatic carbocycles. The average molecular weight is 140 g/mol. The molecule has 2 nitrogen and oxygen atoms in total. The molecule has 10 heavy (non-hydrogen) atoms. The van der Waals surface area contributed by atoms with Crippen LogP contribution in [0.15, 0.2) is 0 Å². The Morgan fingerprint density at radius 2 is 1.90 bits per heavy atom. The first-order valence-electron chi connectivity index (χ1n) is 4.32. The maximum atomic E-state index is 2.61. The van der Waals surface area contributed by atoms with Gasteiger partial charge < -0.3 is 0 Å². The van der Waals surface area contributed by atoms with Crippen LogP contribution >= 0.6 is 0 Å². The minimum atomic E-state index is 0.800. The van der Waals surface area contributed by atoms with Crippen LogP contribution in [0, 0.1) is 0 Å². The summed E-state index contributed by atoms with van der Waals surface area (Å²) in [4.78, 5) is 5.11. The van der Waals surface area contributed by atoms with Gasteiger partial charge in [-0.3, -0.25) is 9.80 Å². The maximum absolute atomic E-state index is 2.61. The number of nitrogens with zero attached hydrogens (tertiary/aromatic N) is 2. The van der Waals surface area contributed by atoms with E-state index in [1.54, 1.807) is 0 Å². The third-order valence-electron chi connectivity index (χ3n) is 2.79. The van der Waals surface area contributed by atoms with Gasteiger partial charge in [-0.1, -0.05) is 0 Å². The maximum Gasteiger partial charge on any atom is 0.0620 e. The fourth-order valence-electron chi connectivity index (χ4n) is 2.24. The molecule has 0 saturated carbocycles. The van der Waals surface area contributed by atoms with Gasteiger partial charge in [0, 0.05) is 13.1 Å². The fourth-order valence-corrected chi connectivity index (χ4v) is 2.24. The zero-order chi connectivity index (χ0) is 6.97. The van der Waals surface area contributed by atoms with Crippen LogP contribution in [0.25, 0.3) is 0 Å². The molecule has 0 N–H and O–H groups in total. The lowest BCUT2D eigenvalue weighted by Gasteiger charge is -2.37. The molecule has 1 unspecified atom stereocenters. The molecule has 0 bridgehead atoms. The molecule has 0 aromatic heterocycles. The summed E-state index contributed by atoms with van der Waals surface area (Å²) in [6.45, 7) is 3.99. The minimum absolute atomic E-state index is 0.800. The number of hydrogen-bond acceptors (Lipinski definition) is 2. The fraction of sp³-hybridized carbons (Fsp3) is 1.00. The Balaban J connectivity index is 2.03. The van der Waals surface area contributed by atoms with E-state index in [1.807, 2.05) is 0 Å². The van der Waals surface area contributed by atoms with Gasteiger partial charge in [-0.05, 0) is 32.9 Å². The second-order valence-corrected chi connectivity index (χ2v) is 3.49. The second kappa shape index (κ2) is 2.51. The van der Waals surface area contributed by atoms with E-state index in [0.29, 0.717) is 0 Å². The van der Waals surface area contributed by atoms with E-state index in [4.69, 9.17) is 0 Å². The highest BCUT2D eigenvalue weighted by molar-refractivity contribution is 4.81. The van der Waals surface area contributed by atoms with E-state index in [2.05, 4.69) is 16.8 Å². The lowest BCUT2D eigenvalue weighted by Crippen LogP contribution is -2.48. The van der Waals surface area contributed by atoms with Gasteiger partial charge in [0.1, 0.15) is 0 Å². The molecule has 0 radical (unpaired) electrons. The van der Waals surface area contributed by atoms with E-state index in [9.17, 15) is 0 Å². The molecule has 2 aliphatic heterocycles. The molecule has 0 aromatic rings. The molecular weight excluding hydrogens is 124 g/mol. The smallest absolute Gasteiger partial charge is 0.0620 e. The monoisotopic (exact) mass is 140 g/mol. The van der Waals surface area contributed by atoms with Crippen molar-refractivity contribution in [3.63, 3.8) is 0 Å².